The number of rotatable bonds is 6. The molecular formula is C15H22BrN3O2. The topological polar surface area (TPSA) is 67.2 Å². The number of non-ortho nitro benzene ring substituents is 1. The summed E-state index contributed by atoms with van der Waals surface area (Å²) < 4.78 is 0.728. The monoisotopic (exact) mass is 355 g/mol. The van der Waals surface area contributed by atoms with Gasteiger partial charge in [0.2, 0.25) is 0 Å². The van der Waals surface area contributed by atoms with Gasteiger partial charge in [0, 0.05) is 41.4 Å². The van der Waals surface area contributed by atoms with Gasteiger partial charge in [0.25, 0.3) is 5.69 Å². The molecule has 1 fully saturated rings. The second kappa shape index (κ2) is 8.34. The van der Waals surface area contributed by atoms with Gasteiger partial charge >= 0.3 is 0 Å². The second-order valence-electron chi connectivity index (χ2n) is 5.49. The number of hydrogen-bond acceptors (Lipinski definition) is 4. The highest BCUT2D eigenvalue weighted by molar-refractivity contribution is 9.10. The van der Waals surface area contributed by atoms with E-state index in [0.29, 0.717) is 6.04 Å². The van der Waals surface area contributed by atoms with Gasteiger partial charge in [-0.2, -0.15) is 0 Å². The first-order chi connectivity index (χ1) is 10.2. The summed E-state index contributed by atoms with van der Waals surface area (Å²) in [5, 5.41) is 17.6. The molecule has 0 radical (unpaired) electrons. The predicted molar refractivity (Wildman–Crippen MR) is 88.8 cm³/mol. The van der Waals surface area contributed by atoms with Crippen LogP contribution < -0.4 is 10.6 Å². The van der Waals surface area contributed by atoms with E-state index < -0.39 is 0 Å². The van der Waals surface area contributed by atoms with Crippen molar-refractivity contribution in [2.75, 3.05) is 18.4 Å². The number of nitro groups is 1. The first-order valence-corrected chi connectivity index (χ1v) is 8.37. The summed E-state index contributed by atoms with van der Waals surface area (Å²) in [4.78, 5) is 10.3. The van der Waals surface area contributed by atoms with Gasteiger partial charge in [0.15, 0.2) is 0 Å². The summed E-state index contributed by atoms with van der Waals surface area (Å²) in [6.07, 6.45) is 7.96. The highest BCUT2D eigenvalue weighted by Crippen LogP contribution is 2.26. The number of benzene rings is 1. The summed E-state index contributed by atoms with van der Waals surface area (Å²) in [5.74, 6) is 0. The van der Waals surface area contributed by atoms with Gasteiger partial charge in [-0.15, -0.1) is 0 Å². The molecule has 1 aliphatic carbocycles. The summed E-state index contributed by atoms with van der Waals surface area (Å²) >= 11 is 3.37. The molecule has 0 aromatic heterocycles. The smallest absolute Gasteiger partial charge is 0.270 e. The number of nitro benzene ring substituents is 1. The molecule has 0 bridgehead atoms. The van der Waals surface area contributed by atoms with Crippen LogP contribution in [-0.4, -0.2) is 24.1 Å². The molecule has 1 aromatic rings. The molecule has 2 N–H and O–H groups in total. The SMILES string of the molecule is O=[N+]([O-])c1ccc(NCCNC2CCCCCC2)c(Br)c1. The third-order valence-corrected chi connectivity index (χ3v) is 4.55. The molecule has 21 heavy (non-hydrogen) atoms. The minimum absolute atomic E-state index is 0.101. The fourth-order valence-corrected chi connectivity index (χ4v) is 3.22. The van der Waals surface area contributed by atoms with Crippen molar-refractivity contribution in [1.29, 1.82) is 0 Å². The number of nitrogens with zero attached hydrogens (tertiary/aromatic N) is 1. The van der Waals surface area contributed by atoms with Gasteiger partial charge in [-0.25, -0.2) is 0 Å². The van der Waals surface area contributed by atoms with E-state index >= 15 is 0 Å². The maximum Gasteiger partial charge on any atom is 0.270 e. The molecule has 5 nitrogen and oxygen atoms in total. The van der Waals surface area contributed by atoms with Gasteiger partial charge in [-0.3, -0.25) is 10.1 Å². The van der Waals surface area contributed by atoms with Crippen LogP contribution in [0.15, 0.2) is 22.7 Å². The Hall–Kier alpha value is -1.14. The van der Waals surface area contributed by atoms with Crippen LogP contribution in [0.3, 0.4) is 0 Å². The Labute approximate surface area is 133 Å². The second-order valence-corrected chi connectivity index (χ2v) is 6.34. The maximum absolute atomic E-state index is 10.7. The Kier molecular flexibility index (Phi) is 6.45. The van der Waals surface area contributed by atoms with E-state index in [1.807, 2.05) is 0 Å². The van der Waals surface area contributed by atoms with Gasteiger partial charge in [-0.05, 0) is 34.8 Å². The molecule has 116 valence electrons. The molecule has 2 rings (SSSR count). The highest BCUT2D eigenvalue weighted by Gasteiger charge is 2.11. The molecule has 0 atom stereocenters. The van der Waals surface area contributed by atoms with Crippen LogP contribution >= 0.6 is 15.9 Å². The van der Waals surface area contributed by atoms with E-state index in [9.17, 15) is 10.1 Å². The first-order valence-electron chi connectivity index (χ1n) is 7.58. The lowest BCUT2D eigenvalue weighted by Crippen LogP contribution is -2.32. The highest BCUT2D eigenvalue weighted by atomic mass is 79.9. The van der Waals surface area contributed by atoms with Crippen LogP contribution in [0.4, 0.5) is 11.4 Å². The number of halogens is 1. The van der Waals surface area contributed by atoms with Crippen molar-refractivity contribution in [1.82, 2.24) is 5.32 Å². The third kappa shape index (κ3) is 5.28. The van der Waals surface area contributed by atoms with Crippen LogP contribution in [0.5, 0.6) is 0 Å². The van der Waals surface area contributed by atoms with Crippen molar-refractivity contribution in [3.63, 3.8) is 0 Å². The van der Waals surface area contributed by atoms with Crippen molar-refractivity contribution in [2.45, 2.75) is 44.6 Å². The van der Waals surface area contributed by atoms with Crippen LogP contribution in [0.25, 0.3) is 0 Å². The van der Waals surface area contributed by atoms with Crippen molar-refractivity contribution in [3.8, 4) is 0 Å². The van der Waals surface area contributed by atoms with E-state index in [-0.39, 0.29) is 10.6 Å². The molecule has 1 aromatic carbocycles. The van der Waals surface area contributed by atoms with Gasteiger partial charge in [0.1, 0.15) is 0 Å². The summed E-state index contributed by atoms with van der Waals surface area (Å²) in [5.41, 5.74) is 0.993. The summed E-state index contributed by atoms with van der Waals surface area (Å²) in [7, 11) is 0. The predicted octanol–water partition coefficient (Wildman–Crippen LogP) is 4.08. The largest absolute Gasteiger partial charge is 0.383 e. The molecule has 0 amide bonds. The van der Waals surface area contributed by atoms with Crippen molar-refractivity contribution in [3.05, 3.63) is 32.8 Å². The first kappa shape index (κ1) is 16.2. The Balaban J connectivity index is 1.74. The third-order valence-electron chi connectivity index (χ3n) is 3.89. The standard InChI is InChI=1S/C15H22BrN3O2/c16-14-11-13(19(20)21)7-8-15(14)18-10-9-17-12-5-3-1-2-4-6-12/h7-8,11-12,17-18H,1-6,9-10H2. The van der Waals surface area contributed by atoms with E-state index in [2.05, 4.69) is 26.6 Å². The lowest BCUT2D eigenvalue weighted by molar-refractivity contribution is -0.384. The van der Waals surface area contributed by atoms with Gasteiger partial charge in [-0.1, -0.05) is 25.7 Å². The zero-order valence-electron chi connectivity index (χ0n) is 12.1. The molecular weight excluding hydrogens is 334 g/mol. The fraction of sp³-hybridized carbons (Fsp3) is 0.600. The zero-order valence-corrected chi connectivity index (χ0v) is 13.7. The van der Waals surface area contributed by atoms with Crippen LogP contribution in [0.2, 0.25) is 0 Å². The Morgan fingerprint density at radius 3 is 2.52 bits per heavy atom. The van der Waals surface area contributed by atoms with E-state index in [4.69, 9.17) is 0 Å². The zero-order chi connectivity index (χ0) is 15.1. The Morgan fingerprint density at radius 2 is 1.90 bits per heavy atom. The molecule has 0 aliphatic heterocycles. The van der Waals surface area contributed by atoms with E-state index in [1.54, 1.807) is 6.07 Å². The lowest BCUT2D eigenvalue weighted by atomic mass is 10.1. The molecule has 0 spiro atoms. The fourth-order valence-electron chi connectivity index (χ4n) is 2.72. The quantitative estimate of drug-likeness (QED) is 0.349. The van der Waals surface area contributed by atoms with E-state index in [1.165, 1.54) is 50.7 Å². The average molecular weight is 356 g/mol. The van der Waals surface area contributed by atoms with Gasteiger partial charge < -0.3 is 10.6 Å². The molecule has 0 saturated heterocycles. The number of hydrogen-bond donors (Lipinski definition) is 2. The van der Waals surface area contributed by atoms with Gasteiger partial charge in [0.05, 0.1) is 4.92 Å². The molecule has 1 aliphatic rings. The normalized spacial score (nSPS) is 16.4. The molecule has 0 heterocycles. The van der Waals surface area contributed by atoms with Crippen LogP contribution in [-0.2, 0) is 0 Å². The van der Waals surface area contributed by atoms with Crippen LogP contribution in [0.1, 0.15) is 38.5 Å². The van der Waals surface area contributed by atoms with Crippen LogP contribution in [0, 0.1) is 10.1 Å². The van der Waals surface area contributed by atoms with Crippen molar-refractivity contribution >= 4 is 27.3 Å². The van der Waals surface area contributed by atoms with Crippen molar-refractivity contribution in [2.24, 2.45) is 0 Å². The Morgan fingerprint density at radius 1 is 1.19 bits per heavy atom. The summed E-state index contributed by atoms with van der Waals surface area (Å²) in [6.45, 7) is 1.72. The van der Waals surface area contributed by atoms with Crippen molar-refractivity contribution < 1.29 is 4.92 Å². The number of anilines is 1. The lowest BCUT2D eigenvalue weighted by Gasteiger charge is -2.16. The minimum atomic E-state index is -0.387. The minimum Gasteiger partial charge on any atom is -0.383 e. The average Bonchev–Trinajstić information content (AvgIpc) is 2.73. The Bertz CT molecular complexity index is 474. The number of nitrogens with one attached hydrogen (secondary N) is 2. The molecule has 1 saturated carbocycles. The van der Waals surface area contributed by atoms with E-state index in [0.717, 1.165) is 23.2 Å². The summed E-state index contributed by atoms with van der Waals surface area (Å²) in [6, 6.07) is 5.44. The molecule has 0 unspecified atom stereocenters. The molecule has 6 heteroatoms. The maximum atomic E-state index is 10.7.